The van der Waals surface area contributed by atoms with Crippen molar-refractivity contribution in [1.82, 2.24) is 4.57 Å². The average Bonchev–Trinajstić information content (AvgIpc) is 3.80. The zero-order valence-electron chi connectivity index (χ0n) is 39.5. The van der Waals surface area contributed by atoms with E-state index >= 15 is 0 Å². The van der Waals surface area contributed by atoms with Crippen molar-refractivity contribution in [3.05, 3.63) is 279 Å². The van der Waals surface area contributed by atoms with Gasteiger partial charge in [0.05, 0.1) is 16.7 Å². The molecule has 0 bridgehead atoms. The Balaban J connectivity index is 1.00. The van der Waals surface area contributed by atoms with Crippen LogP contribution in [-0.2, 0) is 0 Å². The van der Waals surface area contributed by atoms with E-state index in [9.17, 15) is 0 Å². The summed E-state index contributed by atoms with van der Waals surface area (Å²) in [5, 5.41) is 12.3. The average molecular weight is 915 g/mol. The second-order valence-corrected chi connectivity index (χ2v) is 18.8. The van der Waals surface area contributed by atoms with Gasteiger partial charge in [-0.25, -0.2) is 0 Å². The van der Waals surface area contributed by atoms with Gasteiger partial charge in [0.25, 0.3) is 0 Å². The molecule has 13 aromatic carbocycles. The monoisotopic (exact) mass is 914 g/mol. The van der Waals surface area contributed by atoms with E-state index in [2.05, 4.69) is 289 Å². The van der Waals surface area contributed by atoms with Gasteiger partial charge in [-0.15, -0.1) is 0 Å². The first-order valence-corrected chi connectivity index (χ1v) is 24.8. The van der Waals surface area contributed by atoms with Crippen molar-refractivity contribution in [3.8, 4) is 50.2 Å². The third-order valence-corrected chi connectivity index (χ3v) is 14.7. The van der Waals surface area contributed by atoms with Crippen LogP contribution < -0.4 is 4.90 Å². The van der Waals surface area contributed by atoms with Gasteiger partial charge in [-0.1, -0.05) is 224 Å². The van der Waals surface area contributed by atoms with Gasteiger partial charge in [0, 0.05) is 38.8 Å². The van der Waals surface area contributed by atoms with Gasteiger partial charge in [-0.3, -0.25) is 0 Å². The molecule has 0 N–H and O–H groups in total. The summed E-state index contributed by atoms with van der Waals surface area (Å²) in [4.78, 5) is 2.48. The molecule has 0 amide bonds. The molecule has 2 heteroatoms. The van der Waals surface area contributed by atoms with E-state index in [-0.39, 0.29) is 0 Å². The van der Waals surface area contributed by atoms with Crippen molar-refractivity contribution in [3.63, 3.8) is 0 Å². The van der Waals surface area contributed by atoms with Gasteiger partial charge in [-0.05, 0) is 131 Å². The summed E-state index contributed by atoms with van der Waals surface area (Å²) in [6.07, 6.45) is 0. The lowest BCUT2D eigenvalue weighted by molar-refractivity contribution is 1.18. The van der Waals surface area contributed by atoms with E-state index in [1.54, 1.807) is 0 Å². The normalized spacial score (nSPS) is 11.6. The van der Waals surface area contributed by atoms with Crippen LogP contribution in [0.25, 0.3) is 115 Å². The highest BCUT2D eigenvalue weighted by Gasteiger charge is 2.22. The number of anilines is 3. The Morgan fingerprint density at radius 1 is 0.264 bits per heavy atom. The molecule has 2 nitrogen and oxygen atoms in total. The van der Waals surface area contributed by atoms with Crippen molar-refractivity contribution in [2.24, 2.45) is 0 Å². The highest BCUT2D eigenvalue weighted by atomic mass is 15.1. The minimum Gasteiger partial charge on any atom is -0.310 e. The minimum atomic E-state index is 1.08. The maximum absolute atomic E-state index is 2.48. The SMILES string of the molecule is c1ccc(-c2c(-c3ccccc3)c3cc(-c4cccc(N(c5cccc(-c6cccc7c8ccccc8n(-c8ccccc8)c67)c5)c5cc6ccccc6c6ccccc56)c4)ccc3c3ccccc23)cc1. The first-order chi connectivity index (χ1) is 35.7. The molecule has 0 fully saturated rings. The molecule has 14 rings (SSSR count). The molecule has 0 aliphatic rings. The number of fused-ring (bicyclic) bond motifs is 9. The van der Waals surface area contributed by atoms with Gasteiger partial charge in [0.1, 0.15) is 0 Å². The smallest absolute Gasteiger partial charge is 0.0619 e. The molecular weight excluding hydrogens is 869 g/mol. The molecule has 1 aromatic heterocycles. The Labute approximate surface area is 418 Å². The summed E-state index contributed by atoms with van der Waals surface area (Å²) in [5.41, 5.74) is 16.3. The van der Waals surface area contributed by atoms with Gasteiger partial charge < -0.3 is 9.47 Å². The topological polar surface area (TPSA) is 8.17 Å². The highest BCUT2D eigenvalue weighted by Crippen LogP contribution is 2.48. The third kappa shape index (κ3) is 6.80. The lowest BCUT2D eigenvalue weighted by Crippen LogP contribution is -2.11. The number of aromatic nitrogens is 1. The van der Waals surface area contributed by atoms with Crippen LogP contribution in [-0.4, -0.2) is 4.57 Å². The van der Waals surface area contributed by atoms with Gasteiger partial charge in [-0.2, -0.15) is 0 Å². The minimum absolute atomic E-state index is 1.08. The molecule has 14 aromatic rings. The maximum atomic E-state index is 2.48. The molecule has 0 aliphatic heterocycles. The van der Waals surface area contributed by atoms with Gasteiger partial charge >= 0.3 is 0 Å². The standard InChI is InChI=1S/C70H46N2/c1-4-21-47(22-5-1)68-63-37-15-13-34-59(63)60-42-41-50(45-65(60)69(68)48-23-6-2-7-24-48)49-26-18-30-54(43-49)71(67-46-52-25-10-11-32-56(52)58-33-12-14-35-61(58)67)55-31-19-27-51(44-55)57-38-20-39-64-62-36-16-17-40-66(62)72(70(57)64)53-28-8-3-9-29-53/h1-46H. The zero-order valence-corrected chi connectivity index (χ0v) is 39.5. The van der Waals surface area contributed by atoms with E-state index in [1.807, 2.05) is 0 Å². The molecule has 0 saturated heterocycles. The van der Waals surface area contributed by atoms with Crippen LogP contribution in [0.15, 0.2) is 279 Å². The summed E-state index contributed by atoms with van der Waals surface area (Å²) < 4.78 is 2.43. The van der Waals surface area contributed by atoms with Crippen LogP contribution in [0, 0.1) is 0 Å². The second-order valence-electron chi connectivity index (χ2n) is 18.8. The highest BCUT2D eigenvalue weighted by molar-refractivity contribution is 6.22. The van der Waals surface area contributed by atoms with E-state index in [0.717, 1.165) is 39.4 Å². The molecule has 0 aliphatic carbocycles. The number of benzene rings is 13. The van der Waals surface area contributed by atoms with Crippen LogP contribution in [0.3, 0.4) is 0 Å². The quantitative estimate of drug-likeness (QED) is 0.138. The Kier molecular flexibility index (Phi) is 9.89. The van der Waals surface area contributed by atoms with Crippen molar-refractivity contribution in [1.29, 1.82) is 0 Å². The second kappa shape index (κ2) is 17.2. The molecule has 1 heterocycles. The number of rotatable bonds is 8. The van der Waals surface area contributed by atoms with E-state index in [4.69, 9.17) is 0 Å². The summed E-state index contributed by atoms with van der Waals surface area (Å²) in [6.45, 7) is 0. The fourth-order valence-corrected chi connectivity index (χ4v) is 11.6. The summed E-state index contributed by atoms with van der Waals surface area (Å²) in [6, 6.07) is 102. The molecule has 0 radical (unpaired) electrons. The predicted octanol–water partition coefficient (Wildman–Crippen LogP) is 19.5. The van der Waals surface area contributed by atoms with E-state index in [0.29, 0.717) is 0 Å². The fourth-order valence-electron chi connectivity index (χ4n) is 11.6. The summed E-state index contributed by atoms with van der Waals surface area (Å²) in [5.74, 6) is 0. The number of hydrogen-bond donors (Lipinski definition) is 0. The van der Waals surface area contributed by atoms with Crippen LogP contribution in [0.4, 0.5) is 17.1 Å². The van der Waals surface area contributed by atoms with Crippen LogP contribution >= 0.6 is 0 Å². The lowest BCUT2D eigenvalue weighted by Gasteiger charge is -2.28. The molecule has 0 spiro atoms. The zero-order chi connectivity index (χ0) is 47.5. The van der Waals surface area contributed by atoms with E-state index in [1.165, 1.54) is 92.7 Å². The van der Waals surface area contributed by atoms with E-state index < -0.39 is 0 Å². The first kappa shape index (κ1) is 41.5. The summed E-state index contributed by atoms with van der Waals surface area (Å²) >= 11 is 0. The van der Waals surface area contributed by atoms with Gasteiger partial charge in [0.15, 0.2) is 0 Å². The Morgan fingerprint density at radius 2 is 0.750 bits per heavy atom. The van der Waals surface area contributed by atoms with Crippen molar-refractivity contribution in [2.45, 2.75) is 0 Å². The van der Waals surface area contributed by atoms with Crippen LogP contribution in [0.1, 0.15) is 0 Å². The lowest BCUT2D eigenvalue weighted by atomic mass is 9.84. The Morgan fingerprint density at radius 3 is 1.47 bits per heavy atom. The van der Waals surface area contributed by atoms with Crippen molar-refractivity contribution in [2.75, 3.05) is 4.90 Å². The molecular formula is C70H46N2. The van der Waals surface area contributed by atoms with Crippen molar-refractivity contribution < 1.29 is 0 Å². The van der Waals surface area contributed by atoms with Gasteiger partial charge in [0.2, 0.25) is 0 Å². The van der Waals surface area contributed by atoms with Crippen LogP contribution in [0.5, 0.6) is 0 Å². The van der Waals surface area contributed by atoms with Crippen molar-refractivity contribution >= 4 is 82.0 Å². The predicted molar refractivity (Wildman–Crippen MR) is 307 cm³/mol. The Hall–Kier alpha value is -9.50. The number of hydrogen-bond acceptors (Lipinski definition) is 1. The molecule has 72 heavy (non-hydrogen) atoms. The molecule has 0 saturated carbocycles. The largest absolute Gasteiger partial charge is 0.310 e. The Bertz CT molecular complexity index is 4380. The first-order valence-electron chi connectivity index (χ1n) is 24.8. The fraction of sp³-hybridized carbons (Fsp3) is 0. The van der Waals surface area contributed by atoms with Crippen LogP contribution in [0.2, 0.25) is 0 Å². The molecule has 0 unspecified atom stereocenters. The number of nitrogens with zero attached hydrogens (tertiary/aromatic N) is 2. The molecule has 0 atom stereocenters. The maximum Gasteiger partial charge on any atom is 0.0619 e. The summed E-state index contributed by atoms with van der Waals surface area (Å²) in [7, 11) is 0. The third-order valence-electron chi connectivity index (χ3n) is 14.7. The molecule has 336 valence electrons. The number of para-hydroxylation sites is 3.